The number of carbonyl (C=O) groups excluding carboxylic acids is 2. The lowest BCUT2D eigenvalue weighted by Gasteiger charge is -2.09. The summed E-state index contributed by atoms with van der Waals surface area (Å²) in [6, 6.07) is -0.604. The quantitative estimate of drug-likeness (QED) is 0.555. The van der Waals surface area contributed by atoms with Crippen molar-refractivity contribution in [3.63, 3.8) is 0 Å². The van der Waals surface area contributed by atoms with Crippen LogP contribution in [0.15, 0.2) is 11.6 Å². The zero-order chi connectivity index (χ0) is 11.8. The van der Waals surface area contributed by atoms with Crippen LogP contribution in [0.4, 0.5) is 0 Å². The molecule has 4 heteroatoms. The van der Waals surface area contributed by atoms with Crippen molar-refractivity contribution in [2.24, 2.45) is 0 Å². The lowest BCUT2D eigenvalue weighted by Crippen LogP contribution is -2.38. The summed E-state index contributed by atoms with van der Waals surface area (Å²) in [5.41, 5.74) is 1.01. The van der Waals surface area contributed by atoms with E-state index in [1.54, 1.807) is 6.92 Å². The second-order valence-electron chi connectivity index (χ2n) is 3.49. The molecule has 1 atom stereocenters. The van der Waals surface area contributed by atoms with Gasteiger partial charge >= 0.3 is 5.97 Å². The smallest absolute Gasteiger partial charge is 0.328 e. The third-order valence-corrected chi connectivity index (χ3v) is 1.94. The first-order chi connectivity index (χ1) is 7.01. The van der Waals surface area contributed by atoms with Gasteiger partial charge in [-0.25, -0.2) is 4.79 Å². The van der Waals surface area contributed by atoms with Crippen LogP contribution in [0.5, 0.6) is 0 Å². The predicted octanol–water partition coefficient (Wildman–Crippen LogP) is 1.41. The molecule has 1 N–H and O–H groups in total. The van der Waals surface area contributed by atoms with E-state index in [1.807, 2.05) is 13.8 Å². The van der Waals surface area contributed by atoms with Crippen LogP contribution >= 0.6 is 0 Å². The van der Waals surface area contributed by atoms with Gasteiger partial charge in [0.2, 0.25) is 5.91 Å². The second kappa shape index (κ2) is 7.04. The van der Waals surface area contributed by atoms with E-state index in [0.717, 1.165) is 18.4 Å². The molecule has 0 aliphatic heterocycles. The minimum atomic E-state index is -0.604. The normalized spacial score (nSPS) is 13.2. The Bertz CT molecular complexity index is 259. The van der Waals surface area contributed by atoms with Gasteiger partial charge in [-0.3, -0.25) is 4.79 Å². The lowest BCUT2D eigenvalue weighted by atomic mass is 10.1. The van der Waals surface area contributed by atoms with E-state index in [0.29, 0.717) is 0 Å². The van der Waals surface area contributed by atoms with Crippen LogP contribution in [0.1, 0.15) is 33.6 Å². The number of hydrogen-bond donors (Lipinski definition) is 1. The van der Waals surface area contributed by atoms with Gasteiger partial charge in [0.15, 0.2) is 0 Å². The SMILES string of the molecule is CCC/C(C)=C/C(=O)NC(C)C(=O)OC. The Morgan fingerprint density at radius 3 is 2.53 bits per heavy atom. The summed E-state index contributed by atoms with van der Waals surface area (Å²) in [7, 11) is 1.29. The molecule has 0 aromatic rings. The Kier molecular flexibility index (Phi) is 6.42. The topological polar surface area (TPSA) is 55.4 Å². The standard InChI is InChI=1S/C11H19NO3/c1-5-6-8(2)7-10(13)12-9(3)11(14)15-4/h7,9H,5-6H2,1-4H3,(H,12,13)/b8-7+. The van der Waals surface area contributed by atoms with Gasteiger partial charge in [0.25, 0.3) is 0 Å². The Morgan fingerprint density at radius 2 is 2.07 bits per heavy atom. The van der Waals surface area contributed by atoms with E-state index in [9.17, 15) is 9.59 Å². The van der Waals surface area contributed by atoms with Gasteiger partial charge in [-0.15, -0.1) is 0 Å². The fourth-order valence-electron chi connectivity index (χ4n) is 1.18. The molecule has 0 aromatic carbocycles. The highest BCUT2D eigenvalue weighted by Gasteiger charge is 2.14. The zero-order valence-electron chi connectivity index (χ0n) is 9.79. The summed E-state index contributed by atoms with van der Waals surface area (Å²) in [6.45, 7) is 5.53. The van der Waals surface area contributed by atoms with Crippen molar-refractivity contribution >= 4 is 11.9 Å². The number of nitrogens with one attached hydrogen (secondary N) is 1. The molecule has 0 saturated carbocycles. The number of hydrogen-bond acceptors (Lipinski definition) is 3. The van der Waals surface area contributed by atoms with E-state index in [2.05, 4.69) is 10.1 Å². The van der Waals surface area contributed by atoms with Crippen molar-refractivity contribution in [3.05, 3.63) is 11.6 Å². The molecule has 0 heterocycles. The van der Waals surface area contributed by atoms with E-state index in [4.69, 9.17) is 0 Å². The van der Waals surface area contributed by atoms with Crippen LogP contribution in [0.25, 0.3) is 0 Å². The maximum atomic E-state index is 11.4. The number of rotatable bonds is 5. The number of allylic oxidation sites excluding steroid dienone is 1. The molecule has 1 unspecified atom stereocenters. The molecule has 4 nitrogen and oxygen atoms in total. The highest BCUT2D eigenvalue weighted by Crippen LogP contribution is 2.02. The molecule has 0 saturated heterocycles. The van der Waals surface area contributed by atoms with Crippen LogP contribution in [-0.2, 0) is 14.3 Å². The van der Waals surface area contributed by atoms with Gasteiger partial charge in [0, 0.05) is 6.08 Å². The Balaban J connectivity index is 4.14. The average molecular weight is 213 g/mol. The third-order valence-electron chi connectivity index (χ3n) is 1.94. The highest BCUT2D eigenvalue weighted by molar-refractivity contribution is 5.91. The van der Waals surface area contributed by atoms with Gasteiger partial charge in [-0.2, -0.15) is 0 Å². The van der Waals surface area contributed by atoms with E-state index in [-0.39, 0.29) is 5.91 Å². The van der Waals surface area contributed by atoms with E-state index in [1.165, 1.54) is 13.2 Å². The van der Waals surface area contributed by atoms with Gasteiger partial charge < -0.3 is 10.1 Å². The van der Waals surface area contributed by atoms with Gasteiger partial charge in [0.1, 0.15) is 6.04 Å². The fraction of sp³-hybridized carbons (Fsp3) is 0.636. The maximum Gasteiger partial charge on any atom is 0.328 e. The summed E-state index contributed by atoms with van der Waals surface area (Å²) in [4.78, 5) is 22.4. The Labute approximate surface area is 90.7 Å². The van der Waals surface area contributed by atoms with Gasteiger partial charge in [-0.1, -0.05) is 18.9 Å². The predicted molar refractivity (Wildman–Crippen MR) is 58.3 cm³/mol. The molecule has 0 rings (SSSR count). The number of ether oxygens (including phenoxy) is 1. The molecule has 0 fully saturated rings. The monoisotopic (exact) mass is 213 g/mol. The largest absolute Gasteiger partial charge is 0.467 e. The Hall–Kier alpha value is -1.32. The van der Waals surface area contributed by atoms with Crippen LogP contribution in [-0.4, -0.2) is 25.0 Å². The molecule has 15 heavy (non-hydrogen) atoms. The van der Waals surface area contributed by atoms with Crippen molar-refractivity contribution in [2.45, 2.75) is 39.7 Å². The van der Waals surface area contributed by atoms with Crippen LogP contribution in [0, 0.1) is 0 Å². The average Bonchev–Trinajstić information content (AvgIpc) is 2.16. The van der Waals surface area contributed by atoms with Crippen molar-refractivity contribution in [1.82, 2.24) is 5.32 Å². The van der Waals surface area contributed by atoms with Crippen molar-refractivity contribution in [1.29, 1.82) is 0 Å². The van der Waals surface area contributed by atoms with Crippen LogP contribution < -0.4 is 5.32 Å². The molecule has 0 spiro atoms. The van der Waals surface area contributed by atoms with Crippen LogP contribution in [0.2, 0.25) is 0 Å². The Morgan fingerprint density at radius 1 is 1.47 bits per heavy atom. The lowest BCUT2D eigenvalue weighted by molar-refractivity contribution is -0.144. The molecule has 0 aliphatic rings. The molecular weight excluding hydrogens is 194 g/mol. The first-order valence-electron chi connectivity index (χ1n) is 5.06. The first-order valence-corrected chi connectivity index (χ1v) is 5.06. The number of amides is 1. The number of methoxy groups -OCH3 is 1. The molecule has 0 radical (unpaired) electrons. The van der Waals surface area contributed by atoms with Crippen molar-refractivity contribution in [3.8, 4) is 0 Å². The minimum absolute atomic E-state index is 0.251. The first kappa shape index (κ1) is 13.7. The zero-order valence-corrected chi connectivity index (χ0v) is 9.79. The van der Waals surface area contributed by atoms with E-state index < -0.39 is 12.0 Å². The van der Waals surface area contributed by atoms with Gasteiger partial charge in [-0.05, 0) is 20.3 Å². The molecule has 0 bridgehead atoms. The molecule has 0 aromatic heterocycles. The highest BCUT2D eigenvalue weighted by atomic mass is 16.5. The summed E-state index contributed by atoms with van der Waals surface area (Å²) >= 11 is 0. The molecule has 0 aliphatic carbocycles. The van der Waals surface area contributed by atoms with Gasteiger partial charge in [0.05, 0.1) is 7.11 Å². The summed E-state index contributed by atoms with van der Waals surface area (Å²) in [5, 5.41) is 2.53. The summed E-state index contributed by atoms with van der Waals surface area (Å²) in [5.74, 6) is -0.691. The third kappa shape index (κ3) is 5.88. The van der Waals surface area contributed by atoms with Crippen LogP contribution in [0.3, 0.4) is 0 Å². The summed E-state index contributed by atoms with van der Waals surface area (Å²) in [6.07, 6.45) is 3.41. The van der Waals surface area contributed by atoms with Crippen molar-refractivity contribution < 1.29 is 14.3 Å². The molecular formula is C11H19NO3. The molecule has 1 amide bonds. The van der Waals surface area contributed by atoms with Crippen molar-refractivity contribution in [2.75, 3.05) is 7.11 Å². The second-order valence-corrected chi connectivity index (χ2v) is 3.49. The number of esters is 1. The minimum Gasteiger partial charge on any atom is -0.467 e. The molecule has 86 valence electrons. The fourth-order valence-corrected chi connectivity index (χ4v) is 1.18. The van der Waals surface area contributed by atoms with E-state index >= 15 is 0 Å². The summed E-state index contributed by atoms with van der Waals surface area (Å²) < 4.78 is 4.49. The maximum absolute atomic E-state index is 11.4. The number of carbonyl (C=O) groups is 2.